The van der Waals surface area contributed by atoms with E-state index < -0.39 is 10.2 Å². The highest BCUT2D eigenvalue weighted by atomic mass is 32.2. The predicted molar refractivity (Wildman–Crippen MR) is 87.2 cm³/mol. The normalized spacial score (nSPS) is 27.0. The Bertz CT molecular complexity index is 628. The second-order valence-electron chi connectivity index (χ2n) is 6.40. The highest BCUT2D eigenvalue weighted by molar-refractivity contribution is 7.86. The Kier molecular flexibility index (Phi) is 5.10. The van der Waals surface area contributed by atoms with Crippen LogP contribution in [0.4, 0.5) is 0 Å². The molecule has 2 saturated heterocycles. The molecule has 0 aliphatic carbocycles. The molecule has 6 nitrogen and oxygen atoms in total. The molecular weight excluding hydrogens is 316 g/mol. The second-order valence-corrected chi connectivity index (χ2v) is 8.28. The van der Waals surface area contributed by atoms with Crippen LogP contribution in [-0.2, 0) is 21.4 Å². The molecule has 0 bridgehead atoms. The number of nitrogens with zero attached hydrogens (tertiary/aromatic N) is 2. The number of methoxy groups -OCH3 is 1. The van der Waals surface area contributed by atoms with Crippen LogP contribution < -0.4 is 0 Å². The van der Waals surface area contributed by atoms with Gasteiger partial charge in [-0.3, -0.25) is 0 Å². The number of rotatable bonds is 6. The lowest BCUT2D eigenvalue weighted by atomic mass is 10.1. The molecule has 0 spiro atoms. The molecule has 2 atom stereocenters. The average molecular weight is 342 g/mol. The fraction of sp³-hybridized carbons (Fsp3) is 0.750. The first-order chi connectivity index (χ1) is 11.1. The van der Waals surface area contributed by atoms with E-state index in [4.69, 9.17) is 9.15 Å². The van der Waals surface area contributed by atoms with E-state index in [1.165, 1.54) is 0 Å². The van der Waals surface area contributed by atoms with Crippen molar-refractivity contribution in [3.05, 3.63) is 23.7 Å². The van der Waals surface area contributed by atoms with Crippen LogP contribution in [0, 0.1) is 5.92 Å². The van der Waals surface area contributed by atoms with Crippen molar-refractivity contribution in [1.29, 1.82) is 0 Å². The van der Waals surface area contributed by atoms with Gasteiger partial charge in [-0.15, -0.1) is 0 Å². The van der Waals surface area contributed by atoms with E-state index in [9.17, 15) is 8.42 Å². The number of aryl methyl sites for hydroxylation is 1. The summed E-state index contributed by atoms with van der Waals surface area (Å²) in [6, 6.07) is 3.71. The summed E-state index contributed by atoms with van der Waals surface area (Å²) in [7, 11) is -1.77. The zero-order valence-electron chi connectivity index (χ0n) is 13.9. The van der Waals surface area contributed by atoms with Crippen LogP contribution in [0.15, 0.2) is 16.5 Å². The van der Waals surface area contributed by atoms with E-state index in [0.717, 1.165) is 37.2 Å². The first kappa shape index (κ1) is 17.0. The molecule has 0 radical (unpaired) electrons. The molecule has 2 aliphatic rings. The first-order valence-electron chi connectivity index (χ1n) is 8.40. The quantitative estimate of drug-likeness (QED) is 0.795. The molecular formula is C16H26N2O4S. The number of hydrogen-bond acceptors (Lipinski definition) is 4. The predicted octanol–water partition coefficient (Wildman–Crippen LogP) is 2.19. The third-order valence-electron chi connectivity index (χ3n) is 4.84. The van der Waals surface area contributed by atoms with Gasteiger partial charge in [0.1, 0.15) is 11.5 Å². The van der Waals surface area contributed by atoms with Crippen LogP contribution in [0.25, 0.3) is 0 Å². The molecule has 3 heterocycles. The Hall–Kier alpha value is -0.890. The summed E-state index contributed by atoms with van der Waals surface area (Å²) in [6.45, 7) is 4.36. The van der Waals surface area contributed by atoms with Crippen molar-refractivity contribution in [3.63, 3.8) is 0 Å². The SMILES string of the molecule is CCc1ccc([C@@H]2CCCN2S(=O)(=O)N2CC[C@@H](COC)C2)o1. The number of ether oxygens (including phenoxy) is 1. The summed E-state index contributed by atoms with van der Waals surface area (Å²) < 4.78 is 40.3. The maximum absolute atomic E-state index is 13.0. The highest BCUT2D eigenvalue weighted by Gasteiger charge is 2.42. The molecule has 1 aromatic heterocycles. The van der Waals surface area contributed by atoms with Gasteiger partial charge in [0, 0.05) is 33.2 Å². The van der Waals surface area contributed by atoms with Gasteiger partial charge in [0.2, 0.25) is 0 Å². The summed E-state index contributed by atoms with van der Waals surface area (Å²) >= 11 is 0. The van der Waals surface area contributed by atoms with Crippen LogP contribution in [-0.4, -0.2) is 50.4 Å². The Morgan fingerprint density at radius 2 is 2.13 bits per heavy atom. The lowest BCUT2D eigenvalue weighted by molar-refractivity contribution is 0.157. The van der Waals surface area contributed by atoms with Crippen molar-refractivity contribution in [2.45, 2.75) is 38.6 Å². The summed E-state index contributed by atoms with van der Waals surface area (Å²) in [4.78, 5) is 0. The van der Waals surface area contributed by atoms with Crippen LogP contribution in [0.3, 0.4) is 0 Å². The Labute approximate surface area is 138 Å². The molecule has 0 unspecified atom stereocenters. The smallest absolute Gasteiger partial charge is 0.282 e. The van der Waals surface area contributed by atoms with Crippen molar-refractivity contribution in [3.8, 4) is 0 Å². The molecule has 1 aromatic rings. The summed E-state index contributed by atoms with van der Waals surface area (Å²) in [5.41, 5.74) is 0. The van der Waals surface area contributed by atoms with Gasteiger partial charge in [-0.25, -0.2) is 0 Å². The highest BCUT2D eigenvalue weighted by Crippen LogP contribution is 2.37. The Balaban J connectivity index is 1.76. The molecule has 3 rings (SSSR count). The molecule has 7 heteroatoms. The van der Waals surface area contributed by atoms with Crippen molar-refractivity contribution >= 4 is 10.2 Å². The van der Waals surface area contributed by atoms with Crippen LogP contribution in [0.5, 0.6) is 0 Å². The lowest BCUT2D eigenvalue weighted by Crippen LogP contribution is -2.42. The van der Waals surface area contributed by atoms with E-state index in [-0.39, 0.29) is 6.04 Å². The Morgan fingerprint density at radius 1 is 1.30 bits per heavy atom. The van der Waals surface area contributed by atoms with Gasteiger partial charge in [-0.1, -0.05) is 6.92 Å². The van der Waals surface area contributed by atoms with Gasteiger partial charge in [0.05, 0.1) is 12.6 Å². The summed E-state index contributed by atoms with van der Waals surface area (Å²) in [6.07, 6.45) is 3.39. The summed E-state index contributed by atoms with van der Waals surface area (Å²) in [5, 5.41) is 0. The topological polar surface area (TPSA) is 63.0 Å². The standard InChI is InChI=1S/C16H26N2O4S/c1-3-14-6-7-16(22-14)15-5-4-9-18(15)23(19,20)17-10-8-13(11-17)12-21-2/h6-7,13,15H,3-5,8-12H2,1-2H3/t13-,15+/m1/s1. The maximum Gasteiger partial charge on any atom is 0.282 e. The molecule has 0 amide bonds. The van der Waals surface area contributed by atoms with E-state index in [2.05, 4.69) is 0 Å². The molecule has 0 saturated carbocycles. The lowest BCUT2D eigenvalue weighted by Gasteiger charge is -2.27. The third kappa shape index (κ3) is 3.33. The van der Waals surface area contributed by atoms with Gasteiger partial charge >= 0.3 is 0 Å². The van der Waals surface area contributed by atoms with Gasteiger partial charge < -0.3 is 9.15 Å². The van der Waals surface area contributed by atoms with Crippen LogP contribution in [0.2, 0.25) is 0 Å². The molecule has 23 heavy (non-hydrogen) atoms. The van der Waals surface area contributed by atoms with Crippen LogP contribution >= 0.6 is 0 Å². The molecule has 2 aliphatic heterocycles. The minimum atomic E-state index is -3.43. The van der Waals surface area contributed by atoms with Gasteiger partial charge in [-0.05, 0) is 37.3 Å². The van der Waals surface area contributed by atoms with E-state index >= 15 is 0 Å². The Morgan fingerprint density at radius 3 is 2.83 bits per heavy atom. The van der Waals surface area contributed by atoms with Crippen molar-refractivity contribution < 1.29 is 17.6 Å². The molecule has 0 aromatic carbocycles. The molecule has 0 N–H and O–H groups in total. The van der Waals surface area contributed by atoms with Crippen molar-refractivity contribution in [2.24, 2.45) is 5.92 Å². The fourth-order valence-corrected chi connectivity index (χ4v) is 5.51. The van der Waals surface area contributed by atoms with E-state index in [1.54, 1.807) is 15.7 Å². The van der Waals surface area contributed by atoms with Crippen molar-refractivity contribution in [1.82, 2.24) is 8.61 Å². The minimum absolute atomic E-state index is 0.165. The average Bonchev–Trinajstić information content (AvgIpc) is 3.26. The van der Waals surface area contributed by atoms with E-state index in [0.29, 0.717) is 32.2 Å². The minimum Gasteiger partial charge on any atom is -0.464 e. The zero-order valence-corrected chi connectivity index (χ0v) is 14.7. The largest absolute Gasteiger partial charge is 0.464 e. The van der Waals surface area contributed by atoms with Crippen molar-refractivity contribution in [2.75, 3.05) is 33.4 Å². The molecule has 2 fully saturated rings. The van der Waals surface area contributed by atoms with Crippen LogP contribution in [0.1, 0.15) is 43.7 Å². The van der Waals surface area contributed by atoms with Gasteiger partial charge in [0.25, 0.3) is 10.2 Å². The third-order valence-corrected chi connectivity index (χ3v) is 6.85. The number of hydrogen-bond donors (Lipinski definition) is 0. The second kappa shape index (κ2) is 6.93. The van der Waals surface area contributed by atoms with Gasteiger partial charge in [-0.2, -0.15) is 17.0 Å². The van der Waals surface area contributed by atoms with Gasteiger partial charge in [0.15, 0.2) is 0 Å². The van der Waals surface area contributed by atoms with E-state index in [1.807, 2.05) is 19.1 Å². The molecule has 130 valence electrons. The monoisotopic (exact) mass is 342 g/mol. The number of furan rings is 1. The fourth-order valence-electron chi connectivity index (χ4n) is 3.59. The zero-order chi connectivity index (χ0) is 16.4. The first-order valence-corrected chi connectivity index (χ1v) is 9.80. The summed E-state index contributed by atoms with van der Waals surface area (Å²) in [5.74, 6) is 1.98. The maximum atomic E-state index is 13.0.